The van der Waals surface area contributed by atoms with Gasteiger partial charge in [-0.25, -0.2) is 14.6 Å². The van der Waals surface area contributed by atoms with Gasteiger partial charge >= 0.3 is 12.1 Å². The molecule has 0 saturated carbocycles. The van der Waals surface area contributed by atoms with Crippen molar-refractivity contribution in [1.82, 2.24) is 10.3 Å². The van der Waals surface area contributed by atoms with Gasteiger partial charge in [0.05, 0.1) is 26.0 Å². The molecule has 134 valence electrons. The number of rotatable bonds is 6. The van der Waals surface area contributed by atoms with Crippen LogP contribution in [-0.2, 0) is 25.6 Å². The third kappa shape index (κ3) is 5.07. The second kappa shape index (κ2) is 8.84. The fourth-order valence-corrected chi connectivity index (χ4v) is 3.06. The van der Waals surface area contributed by atoms with Crippen LogP contribution in [0.2, 0.25) is 0 Å². The summed E-state index contributed by atoms with van der Waals surface area (Å²) in [4.78, 5) is 30.1. The number of anilines is 1. The Morgan fingerprint density at radius 3 is 2.75 bits per heavy atom. The highest BCUT2D eigenvalue weighted by Crippen LogP contribution is 2.21. The maximum atomic E-state index is 11.9. The first-order chi connectivity index (χ1) is 11.5. The lowest BCUT2D eigenvalue weighted by Gasteiger charge is -2.26. The Labute approximate surface area is 145 Å². The van der Waals surface area contributed by atoms with Crippen LogP contribution in [0.4, 0.5) is 9.93 Å². The van der Waals surface area contributed by atoms with E-state index in [0.717, 1.165) is 18.2 Å². The molecule has 1 aliphatic heterocycles. The molecule has 1 amide bonds. The zero-order valence-corrected chi connectivity index (χ0v) is 14.9. The van der Waals surface area contributed by atoms with E-state index in [4.69, 9.17) is 9.47 Å². The number of aromatic nitrogens is 1. The maximum absolute atomic E-state index is 11.9. The first-order valence-electron chi connectivity index (χ1n) is 7.79. The monoisotopic (exact) mass is 357 g/mol. The fourth-order valence-electron chi connectivity index (χ4n) is 2.20. The second-order valence-corrected chi connectivity index (χ2v) is 6.52. The van der Waals surface area contributed by atoms with E-state index < -0.39 is 18.1 Å². The lowest BCUT2D eigenvalue weighted by Crippen LogP contribution is -2.45. The van der Waals surface area contributed by atoms with Gasteiger partial charge in [-0.05, 0) is 5.92 Å². The molecule has 1 N–H and O–H groups in total. The lowest BCUT2D eigenvalue weighted by atomic mass is 10.1. The Balaban J connectivity index is 1.83. The van der Waals surface area contributed by atoms with E-state index >= 15 is 0 Å². The first kappa shape index (κ1) is 18.5. The average Bonchev–Trinajstić information content (AvgIpc) is 3.06. The number of alkyl carbamates (subject to hydrolysis) is 1. The van der Waals surface area contributed by atoms with Crippen molar-refractivity contribution < 1.29 is 23.8 Å². The summed E-state index contributed by atoms with van der Waals surface area (Å²) in [7, 11) is 1.28. The van der Waals surface area contributed by atoms with Crippen LogP contribution in [0.3, 0.4) is 0 Å². The molecule has 24 heavy (non-hydrogen) atoms. The van der Waals surface area contributed by atoms with Gasteiger partial charge in [-0.3, -0.25) is 0 Å². The second-order valence-electron chi connectivity index (χ2n) is 5.69. The minimum absolute atomic E-state index is 0.0542. The number of carbonyl (C=O) groups excluding carboxylic acids is 2. The molecule has 0 bridgehead atoms. The molecule has 9 heteroatoms. The summed E-state index contributed by atoms with van der Waals surface area (Å²) in [6, 6.07) is -0.734. The SMILES string of the molecule is COC(=O)[C@@H](NC(=O)OCc1csc(N2CCOCC2)n1)C(C)C. The molecular formula is C15H23N3O5S. The van der Waals surface area contributed by atoms with Gasteiger partial charge < -0.3 is 24.4 Å². The minimum Gasteiger partial charge on any atom is -0.467 e. The summed E-state index contributed by atoms with van der Waals surface area (Å²) in [5.41, 5.74) is 0.677. The van der Waals surface area contributed by atoms with E-state index in [2.05, 4.69) is 19.9 Å². The summed E-state index contributed by atoms with van der Waals surface area (Å²) in [6.07, 6.45) is -0.667. The third-order valence-electron chi connectivity index (χ3n) is 3.57. The number of esters is 1. The van der Waals surface area contributed by atoms with Gasteiger partial charge in [-0.2, -0.15) is 0 Å². The molecule has 0 radical (unpaired) electrons. The number of methoxy groups -OCH3 is 1. The Hall–Kier alpha value is -1.87. The van der Waals surface area contributed by atoms with Crippen LogP contribution < -0.4 is 10.2 Å². The van der Waals surface area contributed by atoms with Crippen LogP contribution >= 0.6 is 11.3 Å². The van der Waals surface area contributed by atoms with Gasteiger partial charge in [0.25, 0.3) is 0 Å². The number of carbonyl (C=O) groups is 2. The van der Waals surface area contributed by atoms with Crippen LogP contribution in [0.1, 0.15) is 19.5 Å². The van der Waals surface area contributed by atoms with E-state index in [1.807, 2.05) is 19.2 Å². The summed E-state index contributed by atoms with van der Waals surface area (Å²) in [6.45, 7) is 6.69. The molecule has 2 heterocycles. The number of nitrogens with one attached hydrogen (secondary N) is 1. The van der Waals surface area contributed by atoms with Crippen LogP contribution in [0.5, 0.6) is 0 Å². The highest BCUT2D eigenvalue weighted by Gasteiger charge is 2.25. The van der Waals surface area contributed by atoms with Gasteiger partial charge in [0.1, 0.15) is 12.6 Å². The van der Waals surface area contributed by atoms with Crippen molar-refractivity contribution >= 4 is 28.5 Å². The normalized spacial score (nSPS) is 15.9. The molecule has 0 unspecified atom stereocenters. The molecule has 0 aromatic carbocycles. The highest BCUT2D eigenvalue weighted by atomic mass is 32.1. The largest absolute Gasteiger partial charge is 0.467 e. The zero-order valence-electron chi connectivity index (χ0n) is 14.1. The topological polar surface area (TPSA) is 90.0 Å². The molecule has 8 nitrogen and oxygen atoms in total. The lowest BCUT2D eigenvalue weighted by molar-refractivity contribution is -0.144. The Bertz CT molecular complexity index is 557. The number of hydrogen-bond acceptors (Lipinski definition) is 8. The van der Waals surface area contributed by atoms with Gasteiger partial charge in [0, 0.05) is 18.5 Å². The summed E-state index contributed by atoms with van der Waals surface area (Å²) in [5, 5.41) is 5.28. The van der Waals surface area contributed by atoms with Crippen molar-refractivity contribution in [2.24, 2.45) is 5.92 Å². The van der Waals surface area contributed by atoms with Crippen LogP contribution in [0.15, 0.2) is 5.38 Å². The predicted octanol–water partition coefficient (Wildman–Crippen LogP) is 1.40. The Morgan fingerprint density at radius 1 is 1.42 bits per heavy atom. The molecule has 1 saturated heterocycles. The fraction of sp³-hybridized carbons (Fsp3) is 0.667. The van der Waals surface area contributed by atoms with Crippen LogP contribution in [0, 0.1) is 5.92 Å². The molecule has 2 rings (SSSR count). The molecule has 1 fully saturated rings. The predicted molar refractivity (Wildman–Crippen MR) is 89.1 cm³/mol. The first-order valence-corrected chi connectivity index (χ1v) is 8.67. The molecule has 0 spiro atoms. The molecule has 1 aliphatic rings. The smallest absolute Gasteiger partial charge is 0.408 e. The van der Waals surface area contributed by atoms with E-state index in [1.54, 1.807) is 0 Å². The van der Waals surface area contributed by atoms with Crippen molar-refractivity contribution in [3.63, 3.8) is 0 Å². The third-order valence-corrected chi connectivity index (χ3v) is 4.52. The highest BCUT2D eigenvalue weighted by molar-refractivity contribution is 7.13. The number of morpholine rings is 1. The molecular weight excluding hydrogens is 334 g/mol. The summed E-state index contributed by atoms with van der Waals surface area (Å²) < 4.78 is 15.1. The maximum Gasteiger partial charge on any atom is 0.408 e. The number of amides is 1. The quantitative estimate of drug-likeness (QED) is 0.770. The van der Waals surface area contributed by atoms with Crippen LogP contribution in [0.25, 0.3) is 0 Å². The van der Waals surface area contributed by atoms with E-state index in [1.165, 1.54) is 18.4 Å². The van der Waals surface area contributed by atoms with Gasteiger partial charge in [-0.15, -0.1) is 11.3 Å². The molecule has 1 atom stereocenters. The van der Waals surface area contributed by atoms with E-state index in [0.29, 0.717) is 18.9 Å². The Kier molecular flexibility index (Phi) is 6.80. The average molecular weight is 357 g/mol. The molecule has 0 aliphatic carbocycles. The summed E-state index contributed by atoms with van der Waals surface area (Å²) in [5.74, 6) is -0.595. The van der Waals surface area contributed by atoms with E-state index in [-0.39, 0.29) is 12.5 Å². The van der Waals surface area contributed by atoms with Gasteiger partial charge in [0.2, 0.25) is 0 Å². The van der Waals surface area contributed by atoms with E-state index in [9.17, 15) is 9.59 Å². The number of ether oxygens (including phenoxy) is 3. The van der Waals surface area contributed by atoms with Crippen molar-refractivity contribution in [3.05, 3.63) is 11.1 Å². The summed E-state index contributed by atoms with van der Waals surface area (Å²) >= 11 is 1.51. The van der Waals surface area contributed by atoms with Crippen molar-refractivity contribution in [3.8, 4) is 0 Å². The van der Waals surface area contributed by atoms with Gasteiger partial charge in [-0.1, -0.05) is 13.8 Å². The number of thiazole rings is 1. The zero-order chi connectivity index (χ0) is 17.5. The van der Waals surface area contributed by atoms with Crippen molar-refractivity contribution in [1.29, 1.82) is 0 Å². The standard InChI is InChI=1S/C15H23N3O5S/c1-10(2)12(13(19)21-3)17-15(20)23-8-11-9-24-14(16-11)18-4-6-22-7-5-18/h9-10,12H,4-8H2,1-3H3,(H,17,20)/t12-/m0/s1. The number of nitrogens with zero attached hydrogens (tertiary/aromatic N) is 2. The molecule has 1 aromatic heterocycles. The minimum atomic E-state index is -0.734. The number of hydrogen-bond donors (Lipinski definition) is 1. The van der Waals surface area contributed by atoms with Crippen LogP contribution in [-0.4, -0.2) is 56.5 Å². The Morgan fingerprint density at radius 2 is 2.12 bits per heavy atom. The van der Waals surface area contributed by atoms with Gasteiger partial charge in [0.15, 0.2) is 5.13 Å². The van der Waals surface area contributed by atoms with Crippen molar-refractivity contribution in [2.45, 2.75) is 26.5 Å². The van der Waals surface area contributed by atoms with Crippen molar-refractivity contribution in [2.75, 3.05) is 38.3 Å². The molecule has 1 aromatic rings.